The van der Waals surface area contributed by atoms with Gasteiger partial charge in [0.15, 0.2) is 0 Å². The highest BCUT2D eigenvalue weighted by atomic mass is 16.3. The van der Waals surface area contributed by atoms with Crippen LogP contribution in [0.5, 0.6) is 0 Å². The summed E-state index contributed by atoms with van der Waals surface area (Å²) < 4.78 is 0. The van der Waals surface area contributed by atoms with Gasteiger partial charge in [0, 0.05) is 13.2 Å². The number of aliphatic hydroxyl groups excluding tert-OH is 3. The summed E-state index contributed by atoms with van der Waals surface area (Å²) in [7, 11) is 0. The van der Waals surface area contributed by atoms with E-state index in [-0.39, 0.29) is 30.1 Å². The Morgan fingerprint density at radius 2 is 0.938 bits per heavy atom. The molecule has 32 heavy (non-hydrogen) atoms. The van der Waals surface area contributed by atoms with E-state index < -0.39 is 0 Å². The van der Waals surface area contributed by atoms with Gasteiger partial charge >= 0.3 is 0 Å². The average Bonchev–Trinajstić information content (AvgIpc) is 2.82. The van der Waals surface area contributed by atoms with Crippen molar-refractivity contribution in [2.24, 2.45) is 0 Å². The van der Waals surface area contributed by atoms with E-state index in [4.69, 9.17) is 0 Å². The molecule has 0 aliphatic heterocycles. The van der Waals surface area contributed by atoms with Gasteiger partial charge in [0.25, 0.3) is 0 Å². The average molecular weight is 441 g/mol. The molecule has 0 aromatic heterocycles. The molecule has 2 unspecified atom stereocenters. The largest absolute Gasteiger partial charge is 0.396 e. The summed E-state index contributed by atoms with van der Waals surface area (Å²) in [5, 5.41) is 29.3. The number of rotatable bonds is 16. The lowest BCUT2D eigenvalue weighted by Gasteiger charge is -2.31. The van der Waals surface area contributed by atoms with Crippen molar-refractivity contribution in [1.29, 1.82) is 0 Å². The fourth-order valence-corrected chi connectivity index (χ4v) is 5.05. The molecule has 2 rings (SSSR count). The van der Waals surface area contributed by atoms with Crippen LogP contribution < -0.4 is 0 Å². The molecule has 3 N–H and O–H groups in total. The van der Waals surface area contributed by atoms with Gasteiger partial charge < -0.3 is 15.3 Å². The first-order chi connectivity index (χ1) is 15.4. The standard InChI is InChI=1S/C29H44O3/c1-28(21-11-23-30,25-13-5-3-6-14-25)19-9-17-27(32)18-10-20-29(2,22-12-24-31)26-15-7-4-8-16-26/h3-8,13-16,27,30-32H,9-12,17-24H2,1-2H3. The molecule has 0 saturated carbocycles. The molecule has 2 atom stereocenters. The summed E-state index contributed by atoms with van der Waals surface area (Å²) in [6, 6.07) is 21.2. The Labute approximate surface area is 195 Å². The van der Waals surface area contributed by atoms with Crippen molar-refractivity contribution in [2.45, 2.75) is 95.0 Å². The van der Waals surface area contributed by atoms with Crippen LogP contribution in [-0.2, 0) is 10.8 Å². The predicted octanol–water partition coefficient (Wildman–Crippen LogP) is 6.15. The van der Waals surface area contributed by atoms with Gasteiger partial charge in [-0.25, -0.2) is 0 Å². The molecule has 0 spiro atoms. The second-order valence-electron chi connectivity index (χ2n) is 9.95. The molecular weight excluding hydrogens is 396 g/mol. The van der Waals surface area contributed by atoms with Crippen LogP contribution in [0.15, 0.2) is 60.7 Å². The van der Waals surface area contributed by atoms with Crippen LogP contribution in [0.25, 0.3) is 0 Å². The minimum Gasteiger partial charge on any atom is -0.396 e. The molecule has 0 saturated heterocycles. The smallest absolute Gasteiger partial charge is 0.0540 e. The lowest BCUT2D eigenvalue weighted by Crippen LogP contribution is -2.24. The van der Waals surface area contributed by atoms with Crippen LogP contribution in [0.2, 0.25) is 0 Å². The Morgan fingerprint density at radius 1 is 0.594 bits per heavy atom. The van der Waals surface area contributed by atoms with Crippen LogP contribution in [0, 0.1) is 0 Å². The van der Waals surface area contributed by atoms with E-state index in [0.29, 0.717) is 0 Å². The number of benzene rings is 2. The van der Waals surface area contributed by atoms with E-state index in [2.05, 4.69) is 62.4 Å². The first-order valence-electron chi connectivity index (χ1n) is 12.4. The molecule has 0 bridgehead atoms. The van der Waals surface area contributed by atoms with Gasteiger partial charge in [-0.1, -0.05) is 87.4 Å². The maximum Gasteiger partial charge on any atom is 0.0540 e. The number of hydrogen-bond donors (Lipinski definition) is 3. The van der Waals surface area contributed by atoms with Crippen molar-refractivity contribution in [3.63, 3.8) is 0 Å². The van der Waals surface area contributed by atoms with Gasteiger partial charge in [-0.3, -0.25) is 0 Å². The van der Waals surface area contributed by atoms with E-state index in [1.807, 2.05) is 12.1 Å². The van der Waals surface area contributed by atoms with Gasteiger partial charge in [-0.2, -0.15) is 0 Å². The van der Waals surface area contributed by atoms with Crippen LogP contribution in [0.4, 0.5) is 0 Å². The van der Waals surface area contributed by atoms with Crippen LogP contribution in [-0.4, -0.2) is 34.6 Å². The molecule has 178 valence electrons. The second-order valence-corrected chi connectivity index (χ2v) is 9.95. The molecule has 0 radical (unpaired) electrons. The Morgan fingerprint density at radius 3 is 1.28 bits per heavy atom. The summed E-state index contributed by atoms with van der Waals surface area (Å²) in [5.74, 6) is 0. The zero-order valence-corrected chi connectivity index (χ0v) is 20.2. The first kappa shape index (κ1) is 26.6. The predicted molar refractivity (Wildman–Crippen MR) is 134 cm³/mol. The third kappa shape index (κ3) is 8.35. The second kappa shape index (κ2) is 13.8. The zero-order chi connectivity index (χ0) is 23.3. The Hall–Kier alpha value is -1.68. The lowest BCUT2D eigenvalue weighted by molar-refractivity contribution is 0.140. The van der Waals surface area contributed by atoms with Crippen molar-refractivity contribution >= 4 is 0 Å². The van der Waals surface area contributed by atoms with Crippen molar-refractivity contribution in [1.82, 2.24) is 0 Å². The van der Waals surface area contributed by atoms with Gasteiger partial charge in [0.2, 0.25) is 0 Å². The summed E-state index contributed by atoms with van der Waals surface area (Å²) in [4.78, 5) is 0. The molecule has 0 fully saturated rings. The molecule has 3 nitrogen and oxygen atoms in total. The Bertz CT molecular complexity index is 669. The van der Waals surface area contributed by atoms with Gasteiger partial charge in [-0.05, 0) is 73.3 Å². The van der Waals surface area contributed by atoms with E-state index in [1.54, 1.807) is 0 Å². The molecule has 3 heteroatoms. The molecule has 2 aromatic carbocycles. The lowest BCUT2D eigenvalue weighted by atomic mass is 9.74. The highest BCUT2D eigenvalue weighted by molar-refractivity contribution is 5.25. The summed E-state index contributed by atoms with van der Waals surface area (Å²) in [6.07, 6.45) is 8.91. The van der Waals surface area contributed by atoms with Crippen LogP contribution in [0.3, 0.4) is 0 Å². The molecule has 0 aliphatic rings. The summed E-state index contributed by atoms with van der Waals surface area (Å²) in [5.41, 5.74) is 2.73. The normalized spacial score (nSPS) is 16.3. The highest BCUT2D eigenvalue weighted by Crippen LogP contribution is 2.36. The first-order valence-corrected chi connectivity index (χ1v) is 12.4. The number of hydrogen-bond acceptors (Lipinski definition) is 3. The van der Waals surface area contributed by atoms with Crippen LogP contribution >= 0.6 is 0 Å². The van der Waals surface area contributed by atoms with E-state index in [1.165, 1.54) is 11.1 Å². The minimum absolute atomic E-state index is 0.0416. The van der Waals surface area contributed by atoms with E-state index in [9.17, 15) is 15.3 Å². The molecule has 0 amide bonds. The Balaban J connectivity index is 1.84. The molecule has 0 heterocycles. The quantitative estimate of drug-likeness (QED) is 0.293. The fraction of sp³-hybridized carbons (Fsp3) is 0.586. The summed E-state index contributed by atoms with van der Waals surface area (Å²) >= 11 is 0. The molecule has 0 aliphatic carbocycles. The maximum absolute atomic E-state index is 10.7. The fourth-order valence-electron chi connectivity index (χ4n) is 5.05. The minimum atomic E-state index is -0.272. The zero-order valence-electron chi connectivity index (χ0n) is 20.2. The monoisotopic (exact) mass is 440 g/mol. The SMILES string of the molecule is CC(CCCO)(CCCC(O)CCCC(C)(CCCO)c1ccccc1)c1ccccc1. The van der Waals surface area contributed by atoms with Crippen LogP contribution in [0.1, 0.15) is 89.2 Å². The topological polar surface area (TPSA) is 60.7 Å². The molecular formula is C29H44O3. The summed E-state index contributed by atoms with van der Waals surface area (Å²) in [6.45, 7) is 5.02. The highest BCUT2D eigenvalue weighted by Gasteiger charge is 2.27. The molecule has 2 aromatic rings. The third-order valence-electron chi connectivity index (χ3n) is 7.25. The van der Waals surface area contributed by atoms with Gasteiger partial charge in [0.05, 0.1) is 6.10 Å². The number of aliphatic hydroxyl groups is 3. The van der Waals surface area contributed by atoms with Crippen molar-refractivity contribution in [2.75, 3.05) is 13.2 Å². The third-order valence-corrected chi connectivity index (χ3v) is 7.25. The Kier molecular flexibility index (Phi) is 11.4. The van der Waals surface area contributed by atoms with E-state index in [0.717, 1.165) is 64.2 Å². The van der Waals surface area contributed by atoms with Crippen molar-refractivity contribution < 1.29 is 15.3 Å². The van der Waals surface area contributed by atoms with Crippen molar-refractivity contribution in [3.8, 4) is 0 Å². The van der Waals surface area contributed by atoms with Gasteiger partial charge in [0.1, 0.15) is 0 Å². The van der Waals surface area contributed by atoms with Gasteiger partial charge in [-0.15, -0.1) is 0 Å². The maximum atomic E-state index is 10.7. The van der Waals surface area contributed by atoms with Crippen molar-refractivity contribution in [3.05, 3.63) is 71.8 Å². The van der Waals surface area contributed by atoms with E-state index >= 15 is 0 Å².